The highest BCUT2D eigenvalue weighted by Gasteiger charge is 2.30. The third kappa shape index (κ3) is 3.71. The normalized spacial score (nSPS) is 25.5. The Morgan fingerprint density at radius 1 is 1.11 bits per heavy atom. The Morgan fingerprint density at radius 2 is 1.68 bits per heavy atom. The van der Waals surface area contributed by atoms with Crippen LogP contribution in [0.1, 0.15) is 50.3 Å². The highest BCUT2D eigenvalue weighted by atomic mass is 32.2. The lowest BCUT2D eigenvalue weighted by Gasteiger charge is -2.34. The average Bonchev–Trinajstić information content (AvgIpc) is 2.46. The first kappa shape index (κ1) is 15.3. The summed E-state index contributed by atoms with van der Waals surface area (Å²) in [5.41, 5.74) is 9.22. The molecule has 1 nitrogen and oxygen atoms in total. The molecule has 0 aliphatic carbocycles. The number of nitrogens with two attached hydrogens (primary N) is 1. The minimum Gasteiger partial charge on any atom is -0.323 e. The molecule has 1 aromatic rings. The van der Waals surface area contributed by atoms with Gasteiger partial charge in [0.25, 0.3) is 0 Å². The van der Waals surface area contributed by atoms with Gasteiger partial charge in [-0.3, -0.25) is 0 Å². The predicted molar refractivity (Wildman–Crippen MR) is 90.2 cm³/mol. The molecule has 1 aromatic carbocycles. The Morgan fingerprint density at radius 3 is 2.26 bits per heavy atom. The molecule has 2 N–H and O–H groups in total. The summed E-state index contributed by atoms with van der Waals surface area (Å²) in [6, 6.07) is 9.10. The Bertz CT molecular complexity index is 388. The zero-order chi connectivity index (χ0) is 13.8. The summed E-state index contributed by atoms with van der Waals surface area (Å²) in [6.07, 6.45) is 1.22. The Labute approximate surface area is 126 Å². The van der Waals surface area contributed by atoms with Gasteiger partial charge in [-0.05, 0) is 23.5 Å². The summed E-state index contributed by atoms with van der Waals surface area (Å²) >= 11 is 4.16. The summed E-state index contributed by atoms with van der Waals surface area (Å²) in [5, 5.41) is 1.27. The van der Waals surface area contributed by atoms with Crippen LogP contribution in [0.15, 0.2) is 24.3 Å². The summed E-state index contributed by atoms with van der Waals surface area (Å²) in [4.78, 5) is 0. The van der Waals surface area contributed by atoms with Crippen molar-refractivity contribution in [2.24, 2.45) is 5.73 Å². The number of benzene rings is 1. The molecule has 1 saturated heterocycles. The molecule has 2 rings (SSSR count). The van der Waals surface area contributed by atoms with Gasteiger partial charge in [0.15, 0.2) is 0 Å². The molecule has 0 spiro atoms. The van der Waals surface area contributed by atoms with E-state index in [0.29, 0.717) is 16.4 Å². The van der Waals surface area contributed by atoms with Crippen molar-refractivity contribution >= 4 is 23.5 Å². The first-order chi connectivity index (χ1) is 9.13. The van der Waals surface area contributed by atoms with Crippen molar-refractivity contribution in [1.29, 1.82) is 0 Å². The van der Waals surface area contributed by atoms with Crippen LogP contribution in [-0.2, 0) is 0 Å². The van der Waals surface area contributed by atoms with Crippen molar-refractivity contribution in [3.63, 3.8) is 0 Å². The highest BCUT2D eigenvalue weighted by molar-refractivity contribution is 8.07. The van der Waals surface area contributed by atoms with Gasteiger partial charge < -0.3 is 5.73 Å². The number of hydrogen-bond acceptors (Lipinski definition) is 3. The van der Waals surface area contributed by atoms with Crippen molar-refractivity contribution in [3.05, 3.63) is 35.4 Å². The fourth-order valence-electron chi connectivity index (χ4n) is 2.56. The molecule has 1 aliphatic rings. The van der Waals surface area contributed by atoms with E-state index in [9.17, 15) is 0 Å². The summed E-state index contributed by atoms with van der Waals surface area (Å²) in [7, 11) is 0. The summed E-state index contributed by atoms with van der Waals surface area (Å²) < 4.78 is 0. The number of hydrogen-bond donors (Lipinski definition) is 1. The van der Waals surface area contributed by atoms with Crippen LogP contribution in [0.2, 0.25) is 0 Å². The van der Waals surface area contributed by atoms with Gasteiger partial charge in [0.1, 0.15) is 0 Å². The van der Waals surface area contributed by atoms with Crippen molar-refractivity contribution in [2.45, 2.75) is 49.7 Å². The van der Waals surface area contributed by atoms with Gasteiger partial charge in [-0.25, -0.2) is 0 Å². The number of rotatable bonds is 4. The molecule has 1 heterocycles. The monoisotopic (exact) mass is 295 g/mol. The molecule has 1 aliphatic heterocycles. The molecular weight excluding hydrogens is 270 g/mol. The minimum atomic E-state index is 0.170. The topological polar surface area (TPSA) is 26.0 Å². The van der Waals surface area contributed by atoms with Crippen molar-refractivity contribution in [1.82, 2.24) is 0 Å². The van der Waals surface area contributed by atoms with Gasteiger partial charge in [-0.1, -0.05) is 45.0 Å². The molecule has 0 aromatic heterocycles. The van der Waals surface area contributed by atoms with Gasteiger partial charge in [-0.15, -0.1) is 0 Å². The molecular formula is C16H25NS2. The molecule has 19 heavy (non-hydrogen) atoms. The maximum absolute atomic E-state index is 6.53. The van der Waals surface area contributed by atoms with E-state index in [-0.39, 0.29) is 6.04 Å². The molecule has 3 heteroatoms. The van der Waals surface area contributed by atoms with Gasteiger partial charge in [0, 0.05) is 28.0 Å². The quantitative estimate of drug-likeness (QED) is 0.889. The van der Waals surface area contributed by atoms with E-state index in [2.05, 4.69) is 68.6 Å². The van der Waals surface area contributed by atoms with Crippen LogP contribution in [0.5, 0.6) is 0 Å². The standard InChI is InChI=1S/C16H25NS2/c1-4-14-16(19-10-9-18-14)15(17)13-7-5-12(6-8-13)11(2)3/h5-8,11,14-16H,4,9-10,17H2,1-3H3. The first-order valence-corrected chi connectivity index (χ1v) is 9.32. The molecule has 3 atom stereocenters. The van der Waals surface area contributed by atoms with Crippen LogP contribution in [-0.4, -0.2) is 22.0 Å². The van der Waals surface area contributed by atoms with E-state index >= 15 is 0 Å². The molecule has 0 saturated carbocycles. The van der Waals surface area contributed by atoms with Crippen LogP contribution >= 0.6 is 23.5 Å². The van der Waals surface area contributed by atoms with Gasteiger partial charge in [0.05, 0.1) is 0 Å². The zero-order valence-electron chi connectivity index (χ0n) is 12.1. The highest BCUT2D eigenvalue weighted by Crippen LogP contribution is 2.39. The molecule has 0 radical (unpaired) electrons. The third-order valence-corrected chi connectivity index (χ3v) is 7.21. The largest absolute Gasteiger partial charge is 0.323 e. The summed E-state index contributed by atoms with van der Waals surface area (Å²) in [5.74, 6) is 3.11. The second-order valence-electron chi connectivity index (χ2n) is 5.50. The van der Waals surface area contributed by atoms with Crippen LogP contribution in [0.4, 0.5) is 0 Å². The first-order valence-electron chi connectivity index (χ1n) is 7.22. The molecule has 0 bridgehead atoms. The van der Waals surface area contributed by atoms with Gasteiger partial charge in [0.2, 0.25) is 0 Å². The van der Waals surface area contributed by atoms with E-state index in [0.717, 1.165) is 0 Å². The van der Waals surface area contributed by atoms with Crippen LogP contribution < -0.4 is 5.73 Å². The van der Waals surface area contributed by atoms with Crippen LogP contribution in [0, 0.1) is 0 Å². The second kappa shape index (κ2) is 7.05. The van der Waals surface area contributed by atoms with Crippen molar-refractivity contribution < 1.29 is 0 Å². The predicted octanol–water partition coefficient (Wildman–Crippen LogP) is 4.44. The molecule has 106 valence electrons. The van der Waals surface area contributed by atoms with Gasteiger partial charge >= 0.3 is 0 Å². The van der Waals surface area contributed by atoms with E-state index in [4.69, 9.17) is 5.73 Å². The Balaban J connectivity index is 2.11. The molecule has 3 unspecified atom stereocenters. The maximum atomic E-state index is 6.53. The maximum Gasteiger partial charge on any atom is 0.0426 e. The van der Waals surface area contributed by atoms with E-state index in [1.165, 1.54) is 29.1 Å². The lowest BCUT2D eigenvalue weighted by molar-refractivity contribution is 0.630. The average molecular weight is 296 g/mol. The van der Waals surface area contributed by atoms with Crippen molar-refractivity contribution in [2.75, 3.05) is 11.5 Å². The van der Waals surface area contributed by atoms with Crippen molar-refractivity contribution in [3.8, 4) is 0 Å². The van der Waals surface area contributed by atoms with E-state index < -0.39 is 0 Å². The molecule has 1 fully saturated rings. The summed E-state index contributed by atoms with van der Waals surface area (Å²) in [6.45, 7) is 6.75. The minimum absolute atomic E-state index is 0.170. The Kier molecular flexibility index (Phi) is 5.67. The lowest BCUT2D eigenvalue weighted by Crippen LogP contribution is -2.35. The fourth-order valence-corrected chi connectivity index (χ4v) is 5.75. The lowest BCUT2D eigenvalue weighted by atomic mass is 9.96. The fraction of sp³-hybridized carbons (Fsp3) is 0.625. The second-order valence-corrected chi connectivity index (χ2v) is 8.13. The SMILES string of the molecule is CCC1SCCSC1C(N)c1ccc(C(C)C)cc1. The number of thioether (sulfide) groups is 2. The van der Waals surface area contributed by atoms with Crippen LogP contribution in [0.25, 0.3) is 0 Å². The third-order valence-electron chi connectivity index (χ3n) is 3.84. The van der Waals surface area contributed by atoms with Crippen LogP contribution in [0.3, 0.4) is 0 Å². The Hall–Kier alpha value is -0.120. The smallest absolute Gasteiger partial charge is 0.0426 e. The van der Waals surface area contributed by atoms with E-state index in [1.807, 2.05) is 0 Å². The van der Waals surface area contributed by atoms with Gasteiger partial charge in [-0.2, -0.15) is 23.5 Å². The molecule has 0 amide bonds. The zero-order valence-corrected chi connectivity index (χ0v) is 13.8. The van der Waals surface area contributed by atoms with E-state index in [1.54, 1.807) is 0 Å².